The van der Waals surface area contributed by atoms with E-state index < -0.39 is 17.7 Å². The van der Waals surface area contributed by atoms with E-state index in [0.717, 1.165) is 11.3 Å². The monoisotopic (exact) mass is 289 g/mol. The molecule has 1 unspecified atom stereocenters. The van der Waals surface area contributed by atoms with Crippen molar-refractivity contribution in [3.05, 3.63) is 35.4 Å². The summed E-state index contributed by atoms with van der Waals surface area (Å²) in [5.74, 6) is -0.950. The van der Waals surface area contributed by atoms with Crippen molar-refractivity contribution in [1.82, 2.24) is 5.32 Å². The van der Waals surface area contributed by atoms with Crippen LogP contribution in [0.4, 0.5) is 5.69 Å². The first kappa shape index (κ1) is 14.4. The molecule has 0 radical (unpaired) electrons. The smallest absolute Gasteiger partial charge is 0.259 e. The van der Waals surface area contributed by atoms with Crippen LogP contribution in [-0.4, -0.2) is 36.8 Å². The van der Waals surface area contributed by atoms with E-state index in [2.05, 4.69) is 5.32 Å². The van der Waals surface area contributed by atoms with Gasteiger partial charge in [-0.05, 0) is 23.8 Å². The third kappa shape index (κ3) is 2.76. The number of hydrogen-bond donors (Lipinski definition) is 2. The predicted molar refractivity (Wildman–Crippen MR) is 82.5 cm³/mol. The van der Waals surface area contributed by atoms with Crippen molar-refractivity contribution in [3.63, 3.8) is 0 Å². The average Bonchev–Trinajstić information content (AvgIpc) is 2.42. The van der Waals surface area contributed by atoms with Crippen LogP contribution in [0.15, 0.2) is 29.8 Å². The molecule has 3 N–H and O–H groups in total. The van der Waals surface area contributed by atoms with Gasteiger partial charge in [-0.25, -0.2) is 0 Å². The SMILES string of the molecule is CN(C)c1ccc(/C=C2/C(=O)NC(=S)C(N)C2=O)cc1. The summed E-state index contributed by atoms with van der Waals surface area (Å²) in [4.78, 5) is 25.8. The fourth-order valence-electron chi connectivity index (χ4n) is 1.83. The average molecular weight is 289 g/mol. The van der Waals surface area contributed by atoms with Crippen molar-refractivity contribution in [3.8, 4) is 0 Å². The van der Waals surface area contributed by atoms with E-state index in [-0.39, 0.29) is 10.6 Å². The Labute approximate surface area is 122 Å². The van der Waals surface area contributed by atoms with Crippen LogP contribution in [0, 0.1) is 0 Å². The summed E-state index contributed by atoms with van der Waals surface area (Å²) in [5, 5.41) is 2.43. The van der Waals surface area contributed by atoms with E-state index >= 15 is 0 Å². The maximum atomic E-state index is 12.0. The minimum absolute atomic E-state index is 0.0312. The molecule has 1 heterocycles. The van der Waals surface area contributed by atoms with Crippen LogP contribution in [0.1, 0.15) is 5.56 Å². The number of nitrogens with one attached hydrogen (secondary N) is 1. The number of benzene rings is 1. The molecule has 1 aliphatic rings. The quantitative estimate of drug-likeness (QED) is 0.471. The molecule has 0 aliphatic carbocycles. The Balaban J connectivity index is 2.31. The van der Waals surface area contributed by atoms with Crippen molar-refractivity contribution in [2.45, 2.75) is 6.04 Å². The first-order valence-corrected chi connectivity index (χ1v) is 6.45. The Kier molecular flexibility index (Phi) is 3.96. The van der Waals surface area contributed by atoms with Crippen LogP contribution in [0.5, 0.6) is 0 Å². The lowest BCUT2D eigenvalue weighted by atomic mass is 9.97. The third-order valence-corrected chi connectivity index (χ3v) is 3.39. The van der Waals surface area contributed by atoms with Crippen LogP contribution < -0.4 is 16.0 Å². The first-order chi connectivity index (χ1) is 9.40. The number of amides is 1. The molecule has 1 aromatic carbocycles. The molecular weight excluding hydrogens is 274 g/mol. The number of thiocarbonyl (C=S) groups is 1. The van der Waals surface area contributed by atoms with Crippen LogP contribution >= 0.6 is 12.2 Å². The number of piperidine rings is 1. The molecule has 1 amide bonds. The Hall–Kier alpha value is -2.05. The highest BCUT2D eigenvalue weighted by atomic mass is 32.1. The summed E-state index contributed by atoms with van der Waals surface area (Å²) in [6.45, 7) is 0. The lowest BCUT2D eigenvalue weighted by molar-refractivity contribution is -0.122. The fourth-order valence-corrected chi connectivity index (χ4v) is 2.03. The van der Waals surface area contributed by atoms with Crippen LogP contribution in [0.25, 0.3) is 6.08 Å². The zero-order chi connectivity index (χ0) is 14.9. The number of anilines is 1. The summed E-state index contributed by atoms with van der Waals surface area (Å²) in [6.07, 6.45) is 1.53. The number of Topliss-reactive ketones (excluding diaryl/α,β-unsaturated/α-hetero) is 1. The van der Waals surface area contributed by atoms with Gasteiger partial charge in [-0.15, -0.1) is 0 Å². The molecule has 1 aliphatic heterocycles. The van der Waals surface area contributed by atoms with Gasteiger partial charge in [-0.3, -0.25) is 9.59 Å². The first-order valence-electron chi connectivity index (χ1n) is 6.04. The molecule has 2 rings (SSSR count). The summed E-state index contributed by atoms with van der Waals surface area (Å²) in [6, 6.07) is 6.53. The Morgan fingerprint density at radius 2 is 1.85 bits per heavy atom. The van der Waals surface area contributed by atoms with E-state index in [1.165, 1.54) is 6.08 Å². The highest BCUT2D eigenvalue weighted by Gasteiger charge is 2.33. The molecule has 0 bridgehead atoms. The topological polar surface area (TPSA) is 75.4 Å². The van der Waals surface area contributed by atoms with Gasteiger partial charge in [0.25, 0.3) is 5.91 Å². The molecule has 1 saturated heterocycles. The fraction of sp³-hybridized carbons (Fsp3) is 0.214. The van der Waals surface area contributed by atoms with Gasteiger partial charge >= 0.3 is 0 Å². The summed E-state index contributed by atoms with van der Waals surface area (Å²) in [5.41, 5.74) is 7.46. The largest absolute Gasteiger partial charge is 0.378 e. The Morgan fingerprint density at radius 3 is 2.40 bits per heavy atom. The van der Waals surface area contributed by atoms with Gasteiger partial charge < -0.3 is 16.0 Å². The number of nitrogens with zero attached hydrogens (tertiary/aromatic N) is 1. The van der Waals surface area contributed by atoms with E-state index in [4.69, 9.17) is 18.0 Å². The van der Waals surface area contributed by atoms with Gasteiger partial charge in [0.15, 0.2) is 5.78 Å². The molecule has 0 aromatic heterocycles. The molecule has 5 nitrogen and oxygen atoms in total. The molecule has 104 valence electrons. The Bertz CT molecular complexity index is 605. The minimum atomic E-state index is -0.949. The maximum absolute atomic E-state index is 12.0. The highest BCUT2D eigenvalue weighted by Crippen LogP contribution is 2.17. The number of carbonyl (C=O) groups is 2. The molecule has 6 heteroatoms. The standard InChI is InChI=1S/C14H15N3O2S/c1-17(2)9-5-3-8(4-6-9)7-10-12(18)11(15)14(20)16-13(10)19/h3-7,11H,15H2,1-2H3,(H,16,19,20)/b10-7+. The van der Waals surface area contributed by atoms with Gasteiger partial charge in [-0.2, -0.15) is 0 Å². The number of ketones is 1. The number of carbonyl (C=O) groups excluding carboxylic acids is 2. The summed E-state index contributed by atoms with van der Waals surface area (Å²) < 4.78 is 0. The molecular formula is C14H15N3O2S. The van der Waals surface area contributed by atoms with Gasteiger partial charge in [0.2, 0.25) is 0 Å². The molecule has 1 fully saturated rings. The van der Waals surface area contributed by atoms with Gasteiger partial charge in [0.05, 0.1) is 5.57 Å². The molecule has 1 atom stereocenters. The second kappa shape index (κ2) is 5.52. The van der Waals surface area contributed by atoms with E-state index in [1.807, 2.05) is 43.3 Å². The normalized spacial score (nSPS) is 21.1. The second-order valence-electron chi connectivity index (χ2n) is 4.70. The van der Waals surface area contributed by atoms with Crippen LogP contribution in [0.3, 0.4) is 0 Å². The van der Waals surface area contributed by atoms with Crippen molar-refractivity contribution in [1.29, 1.82) is 0 Å². The third-order valence-electron chi connectivity index (χ3n) is 3.03. The predicted octanol–water partition coefficient (Wildman–Crippen LogP) is 0.490. The molecule has 1 aromatic rings. The van der Waals surface area contributed by atoms with Gasteiger partial charge in [-0.1, -0.05) is 24.4 Å². The zero-order valence-corrected chi connectivity index (χ0v) is 12.0. The van der Waals surface area contributed by atoms with E-state index in [0.29, 0.717) is 0 Å². The molecule has 20 heavy (non-hydrogen) atoms. The van der Waals surface area contributed by atoms with Gasteiger partial charge in [0, 0.05) is 19.8 Å². The zero-order valence-electron chi connectivity index (χ0n) is 11.2. The lowest BCUT2D eigenvalue weighted by Crippen LogP contribution is -2.54. The summed E-state index contributed by atoms with van der Waals surface area (Å²) in [7, 11) is 3.87. The minimum Gasteiger partial charge on any atom is -0.378 e. The lowest BCUT2D eigenvalue weighted by Gasteiger charge is -2.20. The number of nitrogens with two attached hydrogens (primary N) is 1. The summed E-state index contributed by atoms with van der Waals surface area (Å²) >= 11 is 4.84. The van der Waals surface area contributed by atoms with Crippen molar-refractivity contribution in [2.24, 2.45) is 5.73 Å². The van der Waals surface area contributed by atoms with Crippen molar-refractivity contribution in [2.75, 3.05) is 19.0 Å². The molecule has 0 spiro atoms. The Morgan fingerprint density at radius 1 is 1.25 bits per heavy atom. The van der Waals surface area contributed by atoms with E-state index in [1.54, 1.807) is 0 Å². The second-order valence-corrected chi connectivity index (χ2v) is 5.14. The van der Waals surface area contributed by atoms with E-state index in [9.17, 15) is 9.59 Å². The molecule has 0 saturated carbocycles. The number of hydrogen-bond acceptors (Lipinski definition) is 5. The van der Waals surface area contributed by atoms with Crippen molar-refractivity contribution < 1.29 is 9.59 Å². The van der Waals surface area contributed by atoms with Gasteiger partial charge in [0.1, 0.15) is 11.0 Å². The van der Waals surface area contributed by atoms with Crippen molar-refractivity contribution >= 4 is 40.7 Å². The van der Waals surface area contributed by atoms with Crippen LogP contribution in [0.2, 0.25) is 0 Å². The highest BCUT2D eigenvalue weighted by molar-refractivity contribution is 7.80. The maximum Gasteiger partial charge on any atom is 0.259 e. The number of rotatable bonds is 2. The van der Waals surface area contributed by atoms with Crippen LogP contribution in [-0.2, 0) is 9.59 Å².